The summed E-state index contributed by atoms with van der Waals surface area (Å²) >= 11 is 0. The summed E-state index contributed by atoms with van der Waals surface area (Å²) in [5, 5.41) is 0. The predicted octanol–water partition coefficient (Wildman–Crippen LogP) is 2.82. The second-order valence-corrected chi connectivity index (χ2v) is 8.98. The number of carbonyl (C=O) groups excluding carboxylic acids is 1. The number of hydrogen-bond acceptors (Lipinski definition) is 4. The van der Waals surface area contributed by atoms with E-state index in [1.165, 1.54) is 38.5 Å². The number of hydrogen-bond donors (Lipinski definition) is 0. The lowest BCUT2D eigenvalue weighted by molar-refractivity contribution is -0.0987. The Balaban J connectivity index is 1.27. The molecular weight excluding hydrogens is 326 g/mol. The van der Waals surface area contributed by atoms with E-state index in [4.69, 9.17) is 4.74 Å². The van der Waals surface area contributed by atoms with Crippen molar-refractivity contribution in [3.63, 3.8) is 0 Å². The summed E-state index contributed by atoms with van der Waals surface area (Å²) in [5.74, 6) is 3.41. The fourth-order valence-corrected chi connectivity index (χ4v) is 6.72. The summed E-state index contributed by atoms with van der Waals surface area (Å²) in [6.45, 7) is 3.66. The van der Waals surface area contributed by atoms with Crippen molar-refractivity contribution in [2.75, 3.05) is 33.3 Å². The molecule has 0 radical (unpaired) electrons. The molecule has 5 heteroatoms. The van der Waals surface area contributed by atoms with E-state index in [1.807, 2.05) is 11.0 Å². The number of methoxy groups -OCH3 is 1. The zero-order valence-electron chi connectivity index (χ0n) is 15.7. The quantitative estimate of drug-likeness (QED) is 0.836. The van der Waals surface area contributed by atoms with Crippen LogP contribution in [-0.4, -0.2) is 59.5 Å². The molecule has 140 valence electrons. The monoisotopic (exact) mass is 355 g/mol. The van der Waals surface area contributed by atoms with Crippen LogP contribution < -0.4 is 4.74 Å². The number of amides is 1. The fraction of sp³-hybridized carbons (Fsp3) is 0.714. The van der Waals surface area contributed by atoms with Crippen LogP contribution in [0.25, 0.3) is 0 Å². The van der Waals surface area contributed by atoms with Gasteiger partial charge in [-0.25, -0.2) is 4.98 Å². The molecule has 5 nitrogen and oxygen atoms in total. The minimum atomic E-state index is 0.0557. The van der Waals surface area contributed by atoms with E-state index in [1.54, 1.807) is 19.4 Å². The van der Waals surface area contributed by atoms with Gasteiger partial charge in [0.25, 0.3) is 5.91 Å². The molecule has 6 rings (SSSR count). The second kappa shape index (κ2) is 6.22. The van der Waals surface area contributed by atoms with Crippen LogP contribution in [0.1, 0.15) is 48.9 Å². The van der Waals surface area contributed by atoms with Crippen molar-refractivity contribution in [3.8, 4) is 5.88 Å². The van der Waals surface area contributed by atoms with Crippen molar-refractivity contribution in [1.82, 2.24) is 14.8 Å². The summed E-state index contributed by atoms with van der Waals surface area (Å²) in [6.07, 6.45) is 10.3. The van der Waals surface area contributed by atoms with Crippen molar-refractivity contribution in [1.29, 1.82) is 0 Å². The molecule has 1 aliphatic heterocycles. The lowest BCUT2D eigenvalue weighted by atomic mass is 9.52. The highest BCUT2D eigenvalue weighted by Gasteiger charge is 2.53. The molecule has 26 heavy (non-hydrogen) atoms. The zero-order valence-corrected chi connectivity index (χ0v) is 15.7. The number of nitrogens with zero attached hydrogens (tertiary/aromatic N) is 3. The summed E-state index contributed by atoms with van der Waals surface area (Å²) in [6, 6.07) is 3.63. The minimum Gasteiger partial charge on any atom is -0.480 e. The van der Waals surface area contributed by atoms with Gasteiger partial charge >= 0.3 is 0 Å². The van der Waals surface area contributed by atoms with Crippen molar-refractivity contribution in [3.05, 3.63) is 23.9 Å². The summed E-state index contributed by atoms with van der Waals surface area (Å²) in [5.41, 5.74) is 1.04. The topological polar surface area (TPSA) is 45.7 Å². The Morgan fingerprint density at radius 3 is 2.27 bits per heavy atom. The molecule has 2 heterocycles. The molecule has 0 N–H and O–H groups in total. The lowest BCUT2D eigenvalue weighted by Gasteiger charge is -2.61. The van der Waals surface area contributed by atoms with Gasteiger partial charge in [-0.05, 0) is 68.4 Å². The first-order valence-corrected chi connectivity index (χ1v) is 10.2. The third-order valence-corrected chi connectivity index (χ3v) is 7.44. The maximum Gasteiger partial charge on any atom is 0.259 e. The van der Waals surface area contributed by atoms with Crippen LogP contribution in [-0.2, 0) is 0 Å². The van der Waals surface area contributed by atoms with E-state index < -0.39 is 0 Å². The van der Waals surface area contributed by atoms with E-state index in [2.05, 4.69) is 9.88 Å². The highest BCUT2D eigenvalue weighted by atomic mass is 16.5. The van der Waals surface area contributed by atoms with Gasteiger partial charge < -0.3 is 9.64 Å². The van der Waals surface area contributed by atoms with Crippen LogP contribution in [0.15, 0.2) is 18.3 Å². The third-order valence-electron chi connectivity index (χ3n) is 7.44. The van der Waals surface area contributed by atoms with E-state index in [-0.39, 0.29) is 5.91 Å². The molecule has 1 aromatic rings. The molecule has 4 bridgehead atoms. The molecular formula is C21H29N3O2. The van der Waals surface area contributed by atoms with E-state index in [9.17, 15) is 4.79 Å². The van der Waals surface area contributed by atoms with Crippen LogP contribution in [0, 0.1) is 17.8 Å². The normalized spacial score (nSPS) is 36.3. The Kier molecular flexibility index (Phi) is 3.96. The molecule has 5 aliphatic rings. The lowest BCUT2D eigenvalue weighted by Crippen LogP contribution is -2.64. The average molecular weight is 355 g/mol. The second-order valence-electron chi connectivity index (χ2n) is 8.98. The first-order chi connectivity index (χ1) is 12.7. The van der Waals surface area contributed by atoms with Crippen LogP contribution >= 0.6 is 0 Å². The van der Waals surface area contributed by atoms with Crippen LogP contribution in [0.2, 0.25) is 0 Å². The number of pyridine rings is 1. The van der Waals surface area contributed by atoms with Crippen LogP contribution in [0.5, 0.6) is 5.88 Å². The summed E-state index contributed by atoms with van der Waals surface area (Å²) in [7, 11) is 1.57. The van der Waals surface area contributed by atoms with Gasteiger partial charge in [-0.15, -0.1) is 0 Å². The SMILES string of the molecule is COc1ncccc1C(=O)N1CCN(C23CC4CC(CC(C4)C2)C3)CC1. The molecule has 0 aromatic carbocycles. The average Bonchev–Trinajstić information content (AvgIpc) is 2.66. The molecule has 0 spiro atoms. The van der Waals surface area contributed by atoms with Gasteiger partial charge in [-0.2, -0.15) is 0 Å². The van der Waals surface area contributed by atoms with Crippen molar-refractivity contribution >= 4 is 5.91 Å². The van der Waals surface area contributed by atoms with Gasteiger partial charge in [-0.1, -0.05) is 0 Å². The van der Waals surface area contributed by atoms with Gasteiger partial charge in [0.05, 0.1) is 7.11 Å². The van der Waals surface area contributed by atoms with Crippen molar-refractivity contribution in [2.24, 2.45) is 17.8 Å². The highest BCUT2D eigenvalue weighted by Crippen LogP contribution is 2.57. The smallest absolute Gasteiger partial charge is 0.259 e. The first kappa shape index (κ1) is 16.5. The molecule has 4 saturated carbocycles. The third kappa shape index (κ3) is 2.63. The van der Waals surface area contributed by atoms with E-state index in [0.717, 1.165) is 43.9 Å². The zero-order chi connectivity index (χ0) is 17.7. The largest absolute Gasteiger partial charge is 0.480 e. The Labute approximate surface area is 155 Å². The molecule has 1 saturated heterocycles. The number of ether oxygens (including phenoxy) is 1. The van der Waals surface area contributed by atoms with Crippen LogP contribution in [0.3, 0.4) is 0 Å². The number of carbonyl (C=O) groups is 1. The van der Waals surface area contributed by atoms with Crippen molar-refractivity contribution < 1.29 is 9.53 Å². The van der Waals surface area contributed by atoms with Gasteiger partial charge in [0, 0.05) is 37.9 Å². The Bertz CT molecular complexity index is 661. The summed E-state index contributed by atoms with van der Waals surface area (Å²) < 4.78 is 5.27. The van der Waals surface area contributed by atoms with Gasteiger partial charge in [0.2, 0.25) is 5.88 Å². The maximum atomic E-state index is 12.9. The highest BCUT2D eigenvalue weighted by molar-refractivity contribution is 5.96. The number of aromatic nitrogens is 1. The molecule has 1 amide bonds. The van der Waals surface area contributed by atoms with Gasteiger partial charge in [0.15, 0.2) is 0 Å². The Hall–Kier alpha value is -1.62. The predicted molar refractivity (Wildman–Crippen MR) is 99.2 cm³/mol. The molecule has 5 fully saturated rings. The standard InChI is InChI=1S/C21H29N3O2/c1-26-19-18(3-2-4-22-19)20(25)23-5-7-24(8-6-23)21-12-15-9-16(13-21)11-17(10-15)14-21/h2-4,15-17H,5-14H2,1H3. The molecule has 4 aliphatic carbocycles. The van der Waals surface area contributed by atoms with Crippen molar-refractivity contribution in [2.45, 2.75) is 44.1 Å². The molecule has 0 unspecified atom stereocenters. The van der Waals surface area contributed by atoms with E-state index >= 15 is 0 Å². The van der Waals surface area contributed by atoms with E-state index in [0.29, 0.717) is 17.0 Å². The Morgan fingerprint density at radius 2 is 1.69 bits per heavy atom. The number of rotatable bonds is 3. The number of piperazine rings is 1. The van der Waals surface area contributed by atoms with Gasteiger partial charge in [-0.3, -0.25) is 9.69 Å². The molecule has 1 aromatic heterocycles. The maximum absolute atomic E-state index is 12.9. The van der Waals surface area contributed by atoms with Gasteiger partial charge in [0.1, 0.15) is 5.56 Å². The fourth-order valence-electron chi connectivity index (χ4n) is 6.72. The first-order valence-electron chi connectivity index (χ1n) is 10.2. The van der Waals surface area contributed by atoms with Crippen LogP contribution in [0.4, 0.5) is 0 Å². The summed E-state index contributed by atoms with van der Waals surface area (Å²) in [4.78, 5) is 21.8. The minimum absolute atomic E-state index is 0.0557. The molecule has 0 atom stereocenters. The Morgan fingerprint density at radius 1 is 1.08 bits per heavy atom.